The number of hydrogen-bond acceptors (Lipinski definition) is 5. The highest BCUT2D eigenvalue weighted by Gasteiger charge is 2.42. The van der Waals surface area contributed by atoms with Crippen molar-refractivity contribution in [3.8, 4) is 0 Å². The van der Waals surface area contributed by atoms with Crippen LogP contribution in [-0.2, 0) is 13.9 Å². The molecule has 2 saturated heterocycles. The predicted octanol–water partition coefficient (Wildman–Crippen LogP) is 2.06. The van der Waals surface area contributed by atoms with Crippen LogP contribution in [-0.4, -0.2) is 53.1 Å². The van der Waals surface area contributed by atoms with E-state index in [1.54, 1.807) is 0 Å². The second-order valence-electron chi connectivity index (χ2n) is 6.70. The van der Waals surface area contributed by atoms with Crippen LogP contribution in [0.5, 0.6) is 0 Å². The number of thioether (sulfide) groups is 1. The second-order valence-corrected chi connectivity index (χ2v) is 8.71. The van der Waals surface area contributed by atoms with Crippen LogP contribution in [0.2, 0.25) is 0 Å². The Hall–Kier alpha value is -0.890. The first-order valence-corrected chi connectivity index (χ1v) is 11.5. The number of amides is 3. The Balaban J connectivity index is 1.40. The lowest BCUT2D eigenvalue weighted by atomic mass is 10.0. The van der Waals surface area contributed by atoms with E-state index in [1.807, 2.05) is 11.8 Å². The van der Waals surface area contributed by atoms with E-state index < -0.39 is 8.25 Å². The molecule has 4 N–H and O–H groups in total. The normalized spacial score (nSPS) is 24.7. The molecule has 0 aromatic heterocycles. The number of nitrogens with one attached hydrogen (secondary N) is 3. The van der Waals surface area contributed by atoms with Gasteiger partial charge in [-0.05, 0) is 25.7 Å². The zero-order valence-corrected chi connectivity index (χ0v) is 16.7. The van der Waals surface area contributed by atoms with Crippen molar-refractivity contribution in [3.63, 3.8) is 0 Å². The molecule has 10 heteroatoms. The summed E-state index contributed by atoms with van der Waals surface area (Å²) in [5.74, 6) is 1.07. The Kier molecular flexibility index (Phi) is 9.67. The van der Waals surface area contributed by atoms with E-state index in [-0.39, 0.29) is 24.0 Å². The number of urea groups is 1. The smallest absolute Gasteiger partial charge is 0.356 e. The van der Waals surface area contributed by atoms with Gasteiger partial charge in [-0.1, -0.05) is 19.3 Å². The van der Waals surface area contributed by atoms with Crippen LogP contribution >= 0.6 is 20.0 Å². The Morgan fingerprint density at radius 3 is 2.85 bits per heavy atom. The van der Waals surface area contributed by atoms with Gasteiger partial charge in [0.2, 0.25) is 5.91 Å². The Morgan fingerprint density at radius 1 is 1.23 bits per heavy atom. The van der Waals surface area contributed by atoms with Crippen LogP contribution in [0.15, 0.2) is 0 Å². The highest BCUT2D eigenvalue weighted by atomic mass is 32.2. The fraction of sp³-hybridized carbons (Fsp3) is 0.875. The maximum Gasteiger partial charge on any atom is 0.694 e. The van der Waals surface area contributed by atoms with Crippen LogP contribution < -0.4 is 16.0 Å². The molecule has 8 nitrogen and oxygen atoms in total. The first-order chi connectivity index (χ1) is 12.6. The van der Waals surface area contributed by atoms with Crippen LogP contribution in [0.4, 0.5) is 4.79 Å². The van der Waals surface area contributed by atoms with Crippen LogP contribution in [0.3, 0.4) is 0 Å². The lowest BCUT2D eigenvalue weighted by Gasteiger charge is -2.16. The summed E-state index contributed by atoms with van der Waals surface area (Å²) in [6.45, 7) is 0.979. The van der Waals surface area contributed by atoms with Crippen molar-refractivity contribution in [2.24, 2.45) is 0 Å². The van der Waals surface area contributed by atoms with Gasteiger partial charge in [0.1, 0.15) is 6.61 Å². The average Bonchev–Trinajstić information content (AvgIpc) is 3.13. The van der Waals surface area contributed by atoms with Gasteiger partial charge < -0.3 is 16.0 Å². The van der Waals surface area contributed by atoms with Gasteiger partial charge in [0, 0.05) is 28.5 Å². The third kappa shape index (κ3) is 7.78. The van der Waals surface area contributed by atoms with E-state index in [4.69, 9.17) is 4.89 Å². The second kappa shape index (κ2) is 11.7. The summed E-state index contributed by atoms with van der Waals surface area (Å²) < 4.78 is 14.9. The summed E-state index contributed by atoms with van der Waals surface area (Å²) in [6, 6.07) is 0.449. The minimum atomic E-state index is -2.48. The molecule has 4 atom stereocenters. The molecule has 0 spiro atoms. The van der Waals surface area contributed by atoms with E-state index in [0.717, 1.165) is 50.7 Å². The van der Waals surface area contributed by atoms with E-state index in [0.29, 0.717) is 24.8 Å². The number of fused-ring (bicyclic) bond motifs is 1. The maximum atomic E-state index is 11.8. The highest BCUT2D eigenvalue weighted by Crippen LogP contribution is 2.33. The summed E-state index contributed by atoms with van der Waals surface area (Å²) in [5.41, 5.74) is 0. The van der Waals surface area contributed by atoms with E-state index in [9.17, 15) is 14.2 Å². The minimum Gasteiger partial charge on any atom is -0.356 e. The van der Waals surface area contributed by atoms with Crippen molar-refractivity contribution in [3.05, 3.63) is 0 Å². The molecular formula is C16H29N3O5PS+. The Morgan fingerprint density at radius 2 is 2.04 bits per heavy atom. The maximum absolute atomic E-state index is 11.8. The molecular weight excluding hydrogens is 377 g/mol. The predicted molar refractivity (Wildman–Crippen MR) is 101 cm³/mol. The fourth-order valence-corrected chi connectivity index (χ4v) is 5.14. The van der Waals surface area contributed by atoms with Crippen LogP contribution in [0, 0.1) is 0 Å². The number of hydrogen-bond donors (Lipinski definition) is 4. The van der Waals surface area contributed by atoms with Gasteiger partial charge >= 0.3 is 14.3 Å². The molecule has 0 bridgehead atoms. The van der Waals surface area contributed by atoms with Crippen molar-refractivity contribution < 1.29 is 23.6 Å². The number of unbranched alkanes of at least 4 members (excludes halogenated alkanes) is 4. The number of carbonyl (C=O) groups excluding carboxylic acids is 2. The van der Waals surface area contributed by atoms with Gasteiger partial charge in [-0.25, -0.2) is 4.79 Å². The van der Waals surface area contributed by atoms with Crippen molar-refractivity contribution in [1.29, 1.82) is 0 Å². The van der Waals surface area contributed by atoms with Gasteiger partial charge in [-0.2, -0.15) is 11.8 Å². The number of carbonyl (C=O) groups is 2. The zero-order chi connectivity index (χ0) is 18.8. The summed E-state index contributed by atoms with van der Waals surface area (Å²) in [5, 5.41) is 9.31. The molecule has 2 aliphatic rings. The minimum absolute atomic E-state index is 0.0546. The molecule has 0 aromatic carbocycles. The highest BCUT2D eigenvalue weighted by molar-refractivity contribution is 8.00. The Bertz CT molecular complexity index is 497. The lowest BCUT2D eigenvalue weighted by Crippen LogP contribution is -2.36. The van der Waals surface area contributed by atoms with Gasteiger partial charge in [-0.15, -0.1) is 9.42 Å². The van der Waals surface area contributed by atoms with E-state index in [2.05, 4.69) is 20.5 Å². The quantitative estimate of drug-likeness (QED) is 0.211. The molecule has 0 saturated carbocycles. The van der Waals surface area contributed by atoms with Gasteiger partial charge in [0.05, 0.1) is 12.1 Å². The summed E-state index contributed by atoms with van der Waals surface area (Å²) >= 11 is 1.90. The zero-order valence-electron chi connectivity index (χ0n) is 14.9. The molecule has 148 valence electrons. The van der Waals surface area contributed by atoms with Crippen LogP contribution in [0.25, 0.3) is 0 Å². The third-order valence-electron chi connectivity index (χ3n) is 4.68. The van der Waals surface area contributed by atoms with Gasteiger partial charge in [0.25, 0.3) is 0 Å². The van der Waals surface area contributed by atoms with Gasteiger partial charge in [0.15, 0.2) is 0 Å². The first-order valence-electron chi connectivity index (χ1n) is 9.30. The molecule has 2 rings (SSSR count). The topological polar surface area (TPSA) is 117 Å². The third-order valence-corrected chi connectivity index (χ3v) is 6.59. The van der Waals surface area contributed by atoms with Crippen molar-refractivity contribution in [2.75, 3.05) is 18.9 Å². The van der Waals surface area contributed by atoms with Gasteiger partial charge in [-0.3, -0.25) is 4.79 Å². The lowest BCUT2D eigenvalue weighted by molar-refractivity contribution is -0.121. The first kappa shape index (κ1) is 21.4. The van der Waals surface area contributed by atoms with Crippen molar-refractivity contribution in [1.82, 2.24) is 16.0 Å². The monoisotopic (exact) mass is 406 g/mol. The van der Waals surface area contributed by atoms with Crippen LogP contribution in [0.1, 0.15) is 51.4 Å². The molecule has 0 aliphatic carbocycles. The van der Waals surface area contributed by atoms with E-state index in [1.165, 1.54) is 0 Å². The number of rotatable bonds is 13. The van der Waals surface area contributed by atoms with E-state index >= 15 is 0 Å². The molecule has 3 amide bonds. The largest absolute Gasteiger partial charge is 0.694 e. The molecule has 0 aromatic rings. The standard InChI is InChI=1S/C16H28N3O5PS/c20-14(17-9-5-1-2-6-10-24-25(22)23)8-4-3-7-13-15-12(11-26-13)18-16(21)19-15/h12-13,15H,1-11H2,(H3-,17,18,19,20,21,22,23)/p+1/t12-,13-,15-/m0/s1. The SMILES string of the molecule is O=C(CCCC[C@@H]1SC[C@@H]2NC(=O)N[C@@H]21)NCCCCCCO[P+](=O)O. The molecule has 2 heterocycles. The summed E-state index contributed by atoms with van der Waals surface area (Å²) in [7, 11) is -2.48. The van der Waals surface area contributed by atoms with Crippen molar-refractivity contribution >= 4 is 32.0 Å². The molecule has 2 fully saturated rings. The Labute approximate surface area is 159 Å². The molecule has 26 heavy (non-hydrogen) atoms. The van der Waals surface area contributed by atoms with Crippen molar-refractivity contribution in [2.45, 2.75) is 68.7 Å². The molecule has 1 unspecified atom stereocenters. The molecule has 0 radical (unpaired) electrons. The summed E-state index contributed by atoms with van der Waals surface area (Å²) in [4.78, 5) is 31.6. The average molecular weight is 406 g/mol. The fourth-order valence-electron chi connectivity index (χ4n) is 3.31. The summed E-state index contributed by atoms with van der Waals surface area (Å²) in [6.07, 6.45) is 7.00. The molecule has 2 aliphatic heterocycles.